The van der Waals surface area contributed by atoms with Crippen LogP contribution in [0.4, 0.5) is 11.5 Å². The number of aryl methyl sites for hydroxylation is 1. The van der Waals surface area contributed by atoms with Crippen LogP contribution in [0.2, 0.25) is 0 Å². The zero-order chi connectivity index (χ0) is 13.8. The van der Waals surface area contributed by atoms with Crippen LogP contribution in [0.25, 0.3) is 0 Å². The number of benzene rings is 1. The molecule has 1 aromatic heterocycles. The van der Waals surface area contributed by atoms with Crippen molar-refractivity contribution in [3.8, 4) is 12.1 Å². The molecule has 4 heteroatoms. The Balaban J connectivity index is 2.58. The number of anilines is 2. The van der Waals surface area contributed by atoms with Gasteiger partial charge in [0, 0.05) is 13.2 Å². The minimum atomic E-state index is 0.526. The number of nitrogens with zero attached hydrogens (tertiary/aromatic N) is 4. The summed E-state index contributed by atoms with van der Waals surface area (Å²) >= 11 is 0. The normalized spacial score (nSPS) is 9.47. The van der Waals surface area contributed by atoms with E-state index in [-0.39, 0.29) is 0 Å². The Hall–Kier alpha value is -2.85. The number of para-hydroxylation sites is 1. The number of hydrogen-bond donors (Lipinski definition) is 0. The van der Waals surface area contributed by atoms with Gasteiger partial charge in [-0.05, 0) is 30.7 Å². The van der Waals surface area contributed by atoms with Crippen molar-refractivity contribution in [3.05, 3.63) is 53.2 Å². The lowest BCUT2D eigenvalue weighted by Crippen LogP contribution is -2.14. The summed E-state index contributed by atoms with van der Waals surface area (Å²) in [5.74, 6) is 0.560. The van der Waals surface area contributed by atoms with Gasteiger partial charge in [-0.15, -0.1) is 0 Å². The van der Waals surface area contributed by atoms with E-state index in [4.69, 9.17) is 5.26 Å². The Morgan fingerprint density at radius 3 is 2.53 bits per heavy atom. The van der Waals surface area contributed by atoms with Crippen LogP contribution in [-0.4, -0.2) is 12.0 Å². The molecule has 0 amide bonds. The molecule has 0 unspecified atom stereocenters. The van der Waals surface area contributed by atoms with Crippen molar-refractivity contribution in [2.24, 2.45) is 0 Å². The van der Waals surface area contributed by atoms with E-state index in [2.05, 4.69) is 17.1 Å². The Morgan fingerprint density at radius 1 is 1.11 bits per heavy atom. The summed E-state index contributed by atoms with van der Waals surface area (Å²) in [5, 5.41) is 18.4. The molecule has 1 heterocycles. The topological polar surface area (TPSA) is 63.7 Å². The third kappa shape index (κ3) is 2.25. The summed E-state index contributed by atoms with van der Waals surface area (Å²) in [6.45, 7) is 1.87. The molecule has 0 saturated heterocycles. The minimum Gasteiger partial charge on any atom is -0.327 e. The number of nitriles is 2. The largest absolute Gasteiger partial charge is 0.327 e. The highest BCUT2D eigenvalue weighted by Gasteiger charge is 2.15. The van der Waals surface area contributed by atoms with Crippen LogP contribution in [0, 0.1) is 29.6 Å². The molecule has 2 aromatic rings. The first-order chi connectivity index (χ1) is 9.19. The quantitative estimate of drug-likeness (QED) is 0.819. The molecule has 4 nitrogen and oxygen atoms in total. The number of hydrogen-bond acceptors (Lipinski definition) is 4. The predicted octanol–water partition coefficient (Wildman–Crippen LogP) is 2.90. The van der Waals surface area contributed by atoms with E-state index in [1.807, 2.05) is 25.1 Å². The maximum Gasteiger partial charge on any atom is 0.150 e. The lowest BCUT2D eigenvalue weighted by Gasteiger charge is -2.21. The lowest BCUT2D eigenvalue weighted by molar-refractivity contribution is 1.10. The Morgan fingerprint density at radius 2 is 1.84 bits per heavy atom. The van der Waals surface area contributed by atoms with Gasteiger partial charge < -0.3 is 4.90 Å². The average molecular weight is 248 g/mol. The SMILES string of the molecule is Cc1ccnc(N(C)c2ccccc2C#N)c1C#N. The van der Waals surface area contributed by atoms with Gasteiger partial charge in [-0.2, -0.15) is 10.5 Å². The van der Waals surface area contributed by atoms with Gasteiger partial charge in [0.15, 0.2) is 5.82 Å². The van der Waals surface area contributed by atoms with Crippen LogP contribution in [-0.2, 0) is 0 Å². The summed E-state index contributed by atoms with van der Waals surface area (Å²) in [6, 6.07) is 13.4. The van der Waals surface area contributed by atoms with E-state index in [0.29, 0.717) is 16.9 Å². The molecule has 0 bridgehead atoms. The van der Waals surface area contributed by atoms with E-state index in [1.165, 1.54) is 0 Å². The van der Waals surface area contributed by atoms with E-state index in [0.717, 1.165) is 11.3 Å². The van der Waals surface area contributed by atoms with Gasteiger partial charge in [-0.3, -0.25) is 0 Å². The summed E-state index contributed by atoms with van der Waals surface area (Å²) in [6.07, 6.45) is 1.66. The first-order valence-corrected chi connectivity index (χ1v) is 5.77. The first-order valence-electron chi connectivity index (χ1n) is 5.77. The van der Waals surface area contributed by atoms with Crippen molar-refractivity contribution in [2.45, 2.75) is 6.92 Å². The molecule has 1 aromatic carbocycles. The van der Waals surface area contributed by atoms with E-state index in [9.17, 15) is 5.26 Å². The smallest absolute Gasteiger partial charge is 0.150 e. The molecule has 0 radical (unpaired) electrons. The molecule has 19 heavy (non-hydrogen) atoms. The fraction of sp³-hybridized carbons (Fsp3) is 0.133. The second-order valence-corrected chi connectivity index (χ2v) is 4.13. The summed E-state index contributed by atoms with van der Waals surface area (Å²) < 4.78 is 0. The van der Waals surface area contributed by atoms with Crippen molar-refractivity contribution in [1.29, 1.82) is 10.5 Å². The molecule has 0 N–H and O–H groups in total. The fourth-order valence-electron chi connectivity index (χ4n) is 1.91. The maximum absolute atomic E-state index is 9.24. The highest BCUT2D eigenvalue weighted by molar-refractivity contribution is 5.70. The van der Waals surface area contributed by atoms with E-state index >= 15 is 0 Å². The zero-order valence-electron chi connectivity index (χ0n) is 10.8. The number of rotatable bonds is 2. The minimum absolute atomic E-state index is 0.526. The first kappa shape index (κ1) is 12.6. The summed E-state index contributed by atoms with van der Waals surface area (Å²) in [5.41, 5.74) is 2.68. The molecule has 0 atom stereocenters. The fourth-order valence-corrected chi connectivity index (χ4v) is 1.91. The van der Waals surface area contributed by atoms with Gasteiger partial charge in [0.05, 0.1) is 16.8 Å². The van der Waals surface area contributed by atoms with Gasteiger partial charge in [0.1, 0.15) is 12.1 Å². The molecule has 0 aliphatic heterocycles. The standard InChI is InChI=1S/C15H12N4/c1-11-7-8-18-15(13(11)10-17)19(2)14-6-4-3-5-12(14)9-16/h3-8H,1-2H3. The van der Waals surface area contributed by atoms with Crippen molar-refractivity contribution < 1.29 is 0 Å². The van der Waals surface area contributed by atoms with Crippen LogP contribution in [0.5, 0.6) is 0 Å². The highest BCUT2D eigenvalue weighted by Crippen LogP contribution is 2.28. The van der Waals surface area contributed by atoms with Crippen LogP contribution < -0.4 is 4.90 Å². The van der Waals surface area contributed by atoms with Crippen molar-refractivity contribution in [2.75, 3.05) is 11.9 Å². The third-order valence-corrected chi connectivity index (χ3v) is 2.95. The summed E-state index contributed by atoms with van der Waals surface area (Å²) in [4.78, 5) is 6.02. The average Bonchev–Trinajstić information content (AvgIpc) is 2.46. The van der Waals surface area contributed by atoms with Gasteiger partial charge >= 0.3 is 0 Å². The van der Waals surface area contributed by atoms with Gasteiger partial charge in [0.25, 0.3) is 0 Å². The molecule has 0 aliphatic carbocycles. The van der Waals surface area contributed by atoms with Crippen molar-refractivity contribution in [3.63, 3.8) is 0 Å². The van der Waals surface area contributed by atoms with Crippen LogP contribution >= 0.6 is 0 Å². The predicted molar refractivity (Wildman–Crippen MR) is 72.9 cm³/mol. The second-order valence-electron chi connectivity index (χ2n) is 4.13. The lowest BCUT2D eigenvalue weighted by atomic mass is 10.1. The van der Waals surface area contributed by atoms with Gasteiger partial charge in [0.2, 0.25) is 0 Å². The van der Waals surface area contributed by atoms with E-state index in [1.54, 1.807) is 30.3 Å². The van der Waals surface area contributed by atoms with Gasteiger partial charge in [-0.1, -0.05) is 12.1 Å². The highest BCUT2D eigenvalue weighted by atomic mass is 15.2. The van der Waals surface area contributed by atoms with Crippen molar-refractivity contribution >= 4 is 11.5 Å². The Kier molecular flexibility index (Phi) is 3.45. The van der Waals surface area contributed by atoms with E-state index < -0.39 is 0 Å². The zero-order valence-corrected chi connectivity index (χ0v) is 10.8. The van der Waals surface area contributed by atoms with Crippen molar-refractivity contribution in [1.82, 2.24) is 4.98 Å². The Labute approximate surface area is 112 Å². The molecule has 2 rings (SSSR count). The van der Waals surface area contributed by atoms with Crippen LogP contribution in [0.3, 0.4) is 0 Å². The molecule has 0 spiro atoms. The Bertz CT molecular complexity index is 692. The molecule has 0 aliphatic rings. The molecule has 0 fully saturated rings. The monoisotopic (exact) mass is 248 g/mol. The molecular weight excluding hydrogens is 236 g/mol. The number of pyridine rings is 1. The van der Waals surface area contributed by atoms with Crippen LogP contribution in [0.1, 0.15) is 16.7 Å². The third-order valence-electron chi connectivity index (χ3n) is 2.95. The summed E-state index contributed by atoms with van der Waals surface area (Å²) in [7, 11) is 1.80. The van der Waals surface area contributed by atoms with Gasteiger partial charge in [-0.25, -0.2) is 4.98 Å². The number of aromatic nitrogens is 1. The maximum atomic E-state index is 9.24. The second kappa shape index (κ2) is 5.20. The molecule has 0 saturated carbocycles. The van der Waals surface area contributed by atoms with Crippen LogP contribution in [0.15, 0.2) is 36.5 Å². The molecule has 92 valence electrons. The molecular formula is C15H12N4.